The van der Waals surface area contributed by atoms with E-state index in [1.54, 1.807) is 45.9 Å². The maximum Gasteiger partial charge on any atom is 0.451 e. The second-order valence-electron chi connectivity index (χ2n) is 6.49. The smallest absolute Gasteiger partial charge is 0.350 e. The van der Waals surface area contributed by atoms with Crippen LogP contribution < -0.4 is 10.6 Å². The van der Waals surface area contributed by atoms with Crippen molar-refractivity contribution in [3.05, 3.63) is 52.6 Å². The number of para-hydroxylation sites is 1. The highest BCUT2D eigenvalue weighted by atomic mass is 19.4. The fourth-order valence-electron chi connectivity index (χ4n) is 2.56. The first-order chi connectivity index (χ1) is 13.0. The molecule has 0 aliphatic rings. The molecule has 2 N–H and O–H groups in total. The molecule has 1 aromatic carbocycles. The Labute approximate surface area is 160 Å². The van der Waals surface area contributed by atoms with Crippen molar-refractivity contribution in [2.24, 2.45) is 0 Å². The Morgan fingerprint density at radius 2 is 1.82 bits per heavy atom. The van der Waals surface area contributed by atoms with Gasteiger partial charge in [-0.15, -0.1) is 0 Å². The molecule has 6 nitrogen and oxygen atoms in total. The number of carbonyl (C=O) groups is 2. The van der Waals surface area contributed by atoms with Crippen LogP contribution in [-0.2, 0) is 12.6 Å². The predicted molar refractivity (Wildman–Crippen MR) is 98.1 cm³/mol. The van der Waals surface area contributed by atoms with E-state index >= 15 is 0 Å². The van der Waals surface area contributed by atoms with Gasteiger partial charge < -0.3 is 10.6 Å². The Morgan fingerprint density at radius 1 is 1.14 bits per heavy atom. The largest absolute Gasteiger partial charge is 0.451 e. The maximum atomic E-state index is 12.8. The third-order valence-electron chi connectivity index (χ3n) is 3.88. The number of amides is 2. The van der Waals surface area contributed by atoms with Crippen LogP contribution in [0.15, 0.2) is 24.4 Å². The molecule has 0 aliphatic heterocycles. The van der Waals surface area contributed by atoms with E-state index in [9.17, 15) is 22.8 Å². The van der Waals surface area contributed by atoms with Crippen LogP contribution >= 0.6 is 0 Å². The Bertz CT molecular complexity index is 895. The van der Waals surface area contributed by atoms with Gasteiger partial charge in [-0.05, 0) is 38.8 Å². The minimum atomic E-state index is -4.70. The summed E-state index contributed by atoms with van der Waals surface area (Å²) in [4.78, 5) is 31.8. The van der Waals surface area contributed by atoms with Gasteiger partial charge in [-0.3, -0.25) is 9.59 Å². The van der Waals surface area contributed by atoms with Gasteiger partial charge in [0.15, 0.2) is 0 Å². The van der Waals surface area contributed by atoms with Crippen molar-refractivity contribution < 1.29 is 22.8 Å². The summed E-state index contributed by atoms with van der Waals surface area (Å²) in [6.45, 7) is 6.92. The lowest BCUT2D eigenvalue weighted by Crippen LogP contribution is -2.31. The third kappa shape index (κ3) is 4.85. The van der Waals surface area contributed by atoms with Gasteiger partial charge in [0.1, 0.15) is 0 Å². The van der Waals surface area contributed by atoms with Gasteiger partial charge in [-0.25, -0.2) is 9.97 Å². The molecule has 0 spiro atoms. The zero-order valence-corrected chi connectivity index (χ0v) is 15.9. The lowest BCUT2D eigenvalue weighted by atomic mass is 10.1. The van der Waals surface area contributed by atoms with Crippen LogP contribution in [-0.4, -0.2) is 27.8 Å². The minimum Gasteiger partial charge on any atom is -0.350 e. The molecular weight excluding hydrogens is 373 g/mol. The number of rotatable bonds is 5. The molecule has 1 heterocycles. The van der Waals surface area contributed by atoms with Crippen molar-refractivity contribution in [2.45, 2.75) is 46.3 Å². The first-order valence-corrected chi connectivity index (χ1v) is 8.69. The summed E-state index contributed by atoms with van der Waals surface area (Å²) in [6.07, 6.45) is -3.73. The molecule has 0 unspecified atom stereocenters. The van der Waals surface area contributed by atoms with Crippen molar-refractivity contribution in [1.82, 2.24) is 15.3 Å². The van der Waals surface area contributed by atoms with Gasteiger partial charge in [0.05, 0.1) is 22.5 Å². The van der Waals surface area contributed by atoms with Gasteiger partial charge in [0.25, 0.3) is 11.8 Å². The average molecular weight is 394 g/mol. The Morgan fingerprint density at radius 3 is 2.39 bits per heavy atom. The predicted octanol–water partition coefficient (Wildman–Crippen LogP) is 3.76. The number of hydrogen-bond donors (Lipinski definition) is 2. The van der Waals surface area contributed by atoms with E-state index in [0.717, 1.165) is 6.20 Å². The number of aromatic nitrogens is 2. The Kier molecular flexibility index (Phi) is 6.37. The zero-order valence-electron chi connectivity index (χ0n) is 15.9. The van der Waals surface area contributed by atoms with Crippen molar-refractivity contribution in [3.63, 3.8) is 0 Å². The first kappa shape index (κ1) is 21.3. The zero-order chi connectivity index (χ0) is 21.1. The van der Waals surface area contributed by atoms with Crippen LogP contribution in [0.5, 0.6) is 0 Å². The highest BCUT2D eigenvalue weighted by molar-refractivity contribution is 6.10. The maximum absolute atomic E-state index is 12.8. The van der Waals surface area contributed by atoms with Gasteiger partial charge in [-0.1, -0.05) is 19.1 Å². The van der Waals surface area contributed by atoms with Crippen molar-refractivity contribution in [3.8, 4) is 0 Å². The van der Waals surface area contributed by atoms with E-state index in [4.69, 9.17) is 0 Å². The summed E-state index contributed by atoms with van der Waals surface area (Å²) < 4.78 is 38.4. The average Bonchev–Trinajstić information content (AvgIpc) is 2.61. The molecule has 1 aromatic heterocycles. The van der Waals surface area contributed by atoms with Crippen molar-refractivity contribution in [2.75, 3.05) is 5.32 Å². The summed E-state index contributed by atoms with van der Waals surface area (Å²) in [5, 5.41) is 5.37. The van der Waals surface area contributed by atoms with Gasteiger partial charge in [0.2, 0.25) is 5.82 Å². The van der Waals surface area contributed by atoms with Crippen LogP contribution in [0.25, 0.3) is 0 Å². The topological polar surface area (TPSA) is 84.0 Å². The van der Waals surface area contributed by atoms with Gasteiger partial charge in [0, 0.05) is 12.2 Å². The van der Waals surface area contributed by atoms with E-state index in [-0.39, 0.29) is 40.9 Å². The molecular formula is C19H21F3N4O2. The highest BCUT2D eigenvalue weighted by Gasteiger charge is 2.35. The van der Waals surface area contributed by atoms with Crippen LogP contribution in [0.2, 0.25) is 0 Å². The molecule has 0 bridgehead atoms. The number of alkyl halides is 3. The fraction of sp³-hybridized carbons (Fsp3) is 0.368. The molecule has 150 valence electrons. The summed E-state index contributed by atoms with van der Waals surface area (Å²) in [5.74, 6) is -2.35. The summed E-state index contributed by atoms with van der Waals surface area (Å²) >= 11 is 0. The molecule has 9 heteroatoms. The quantitative estimate of drug-likeness (QED) is 0.809. The molecule has 0 aliphatic carbocycles. The third-order valence-corrected chi connectivity index (χ3v) is 3.88. The lowest BCUT2D eigenvalue weighted by molar-refractivity contribution is -0.145. The normalized spacial score (nSPS) is 11.4. The van der Waals surface area contributed by atoms with E-state index in [1.165, 1.54) is 0 Å². The monoisotopic (exact) mass is 394 g/mol. The first-order valence-electron chi connectivity index (χ1n) is 8.69. The fourth-order valence-corrected chi connectivity index (χ4v) is 2.56. The van der Waals surface area contributed by atoms with E-state index in [2.05, 4.69) is 20.6 Å². The SMILES string of the molecule is CCc1nc(C(F)(F)F)ncc1C(=O)Nc1c(C)cccc1C(=O)NC(C)C. The van der Waals surface area contributed by atoms with E-state index in [0.29, 0.717) is 5.56 Å². The number of anilines is 1. The number of nitrogens with zero attached hydrogens (tertiary/aromatic N) is 2. The summed E-state index contributed by atoms with van der Waals surface area (Å²) in [7, 11) is 0. The second-order valence-corrected chi connectivity index (χ2v) is 6.49. The summed E-state index contributed by atoms with van der Waals surface area (Å²) in [5.41, 5.74) is 1.08. The lowest BCUT2D eigenvalue weighted by Gasteiger charge is -2.16. The van der Waals surface area contributed by atoms with E-state index < -0.39 is 17.9 Å². The van der Waals surface area contributed by atoms with Gasteiger partial charge in [-0.2, -0.15) is 13.2 Å². The molecule has 2 rings (SSSR count). The molecule has 0 radical (unpaired) electrons. The number of benzene rings is 1. The van der Waals surface area contributed by atoms with E-state index in [1.807, 2.05) is 0 Å². The second kappa shape index (κ2) is 8.37. The van der Waals surface area contributed by atoms with Crippen molar-refractivity contribution in [1.29, 1.82) is 0 Å². The molecule has 0 saturated carbocycles. The molecule has 2 aromatic rings. The molecule has 0 saturated heterocycles. The number of hydrogen-bond acceptors (Lipinski definition) is 4. The molecule has 0 fully saturated rings. The number of aryl methyl sites for hydroxylation is 2. The number of halogens is 3. The molecule has 2 amide bonds. The number of carbonyl (C=O) groups excluding carboxylic acids is 2. The standard InChI is InChI=1S/C19H21F3N4O2/c1-5-14-13(9-23-18(25-14)19(20,21)22)17(28)26-15-11(4)7-6-8-12(15)16(27)24-10(2)3/h6-10H,5H2,1-4H3,(H,24,27)(H,26,28). The highest BCUT2D eigenvalue weighted by Crippen LogP contribution is 2.27. The molecule has 0 atom stereocenters. The Hall–Kier alpha value is -2.97. The minimum absolute atomic E-state index is 0.0263. The van der Waals surface area contributed by atoms with Crippen LogP contribution in [0.3, 0.4) is 0 Å². The Balaban J connectivity index is 2.39. The summed E-state index contributed by atoms with van der Waals surface area (Å²) in [6, 6.07) is 4.85. The van der Waals surface area contributed by atoms with Gasteiger partial charge >= 0.3 is 6.18 Å². The van der Waals surface area contributed by atoms with Crippen LogP contribution in [0.4, 0.5) is 18.9 Å². The van der Waals surface area contributed by atoms with Crippen molar-refractivity contribution >= 4 is 17.5 Å². The van der Waals surface area contributed by atoms with Crippen LogP contribution in [0, 0.1) is 6.92 Å². The number of nitrogens with one attached hydrogen (secondary N) is 2. The van der Waals surface area contributed by atoms with Crippen LogP contribution in [0.1, 0.15) is 58.6 Å². The molecule has 28 heavy (non-hydrogen) atoms.